The van der Waals surface area contributed by atoms with Gasteiger partial charge in [-0.1, -0.05) is 11.3 Å². The van der Waals surface area contributed by atoms with Crippen LogP contribution in [0.3, 0.4) is 0 Å². The third-order valence-corrected chi connectivity index (χ3v) is 4.05. The van der Waals surface area contributed by atoms with Crippen LogP contribution < -0.4 is 4.90 Å². The van der Waals surface area contributed by atoms with E-state index in [-0.39, 0.29) is 6.61 Å². The first-order valence-electron chi connectivity index (χ1n) is 5.31. The second-order valence-electron chi connectivity index (χ2n) is 4.13. The molecule has 4 nitrogen and oxygen atoms in total. The van der Waals surface area contributed by atoms with E-state index in [0.717, 1.165) is 23.1 Å². The van der Waals surface area contributed by atoms with Crippen molar-refractivity contribution in [3.63, 3.8) is 0 Å². The van der Waals surface area contributed by atoms with Gasteiger partial charge in [-0.25, -0.2) is 4.98 Å². The van der Waals surface area contributed by atoms with Crippen molar-refractivity contribution >= 4 is 16.5 Å². The minimum Gasteiger partial charge on any atom is -0.391 e. The van der Waals surface area contributed by atoms with E-state index in [1.807, 2.05) is 0 Å². The molecule has 1 N–H and O–H groups in total. The molecule has 1 aromatic rings. The number of nitrogens with zero attached hydrogens (tertiary/aromatic N) is 2. The number of morpholine rings is 1. The predicted octanol–water partition coefficient (Wildman–Crippen LogP) is 1.00. The number of thiazole rings is 1. The van der Waals surface area contributed by atoms with Gasteiger partial charge in [0.25, 0.3) is 0 Å². The van der Waals surface area contributed by atoms with E-state index in [2.05, 4.69) is 9.88 Å². The Bertz CT molecular complexity index is 343. The van der Waals surface area contributed by atoms with Crippen molar-refractivity contribution in [1.82, 2.24) is 4.98 Å². The standard InChI is InChI=1S/C10H14N2O2S/c13-6-9-3-11-10(15-9)12-4-7-1-2-8(5-12)14-7/h3,7-8,13H,1-2,4-6H2. The van der Waals surface area contributed by atoms with Crippen LogP contribution in [0.4, 0.5) is 5.13 Å². The number of hydrogen-bond acceptors (Lipinski definition) is 5. The molecule has 3 heterocycles. The monoisotopic (exact) mass is 226 g/mol. The van der Waals surface area contributed by atoms with E-state index in [4.69, 9.17) is 9.84 Å². The van der Waals surface area contributed by atoms with Gasteiger partial charge in [-0.15, -0.1) is 0 Å². The molecule has 2 saturated heterocycles. The highest BCUT2D eigenvalue weighted by molar-refractivity contribution is 7.15. The Morgan fingerprint density at radius 3 is 2.80 bits per heavy atom. The number of hydrogen-bond donors (Lipinski definition) is 1. The number of ether oxygens (including phenoxy) is 1. The zero-order valence-electron chi connectivity index (χ0n) is 8.43. The molecule has 0 spiro atoms. The first-order chi connectivity index (χ1) is 7.35. The molecule has 0 amide bonds. The molecule has 2 fully saturated rings. The largest absolute Gasteiger partial charge is 0.391 e. The van der Waals surface area contributed by atoms with Gasteiger partial charge < -0.3 is 14.7 Å². The maximum atomic E-state index is 8.99. The number of aromatic nitrogens is 1. The van der Waals surface area contributed by atoms with Crippen molar-refractivity contribution in [2.24, 2.45) is 0 Å². The Labute approximate surface area is 92.5 Å². The average Bonchev–Trinajstić information content (AvgIpc) is 2.85. The molecular weight excluding hydrogens is 212 g/mol. The van der Waals surface area contributed by atoms with Crippen LogP contribution in [0, 0.1) is 0 Å². The summed E-state index contributed by atoms with van der Waals surface area (Å²) in [6.07, 6.45) is 4.91. The molecule has 1 aromatic heterocycles. The zero-order chi connectivity index (χ0) is 10.3. The van der Waals surface area contributed by atoms with Gasteiger partial charge in [0.15, 0.2) is 5.13 Å². The first kappa shape index (κ1) is 9.57. The fraction of sp³-hybridized carbons (Fsp3) is 0.700. The Morgan fingerprint density at radius 1 is 1.47 bits per heavy atom. The van der Waals surface area contributed by atoms with Crippen LogP contribution in [0.2, 0.25) is 0 Å². The summed E-state index contributed by atoms with van der Waals surface area (Å²) >= 11 is 1.58. The molecule has 15 heavy (non-hydrogen) atoms. The van der Waals surface area contributed by atoms with Gasteiger partial charge >= 0.3 is 0 Å². The maximum Gasteiger partial charge on any atom is 0.185 e. The molecule has 2 aliphatic heterocycles. The number of rotatable bonds is 2. The highest BCUT2D eigenvalue weighted by atomic mass is 32.1. The van der Waals surface area contributed by atoms with Crippen LogP contribution in [-0.2, 0) is 11.3 Å². The van der Waals surface area contributed by atoms with E-state index in [9.17, 15) is 0 Å². The lowest BCUT2D eigenvalue weighted by atomic mass is 10.2. The normalized spacial score (nSPS) is 29.8. The molecule has 2 atom stereocenters. The second kappa shape index (κ2) is 3.73. The van der Waals surface area contributed by atoms with Gasteiger partial charge in [-0.2, -0.15) is 0 Å². The Hall–Kier alpha value is -0.650. The van der Waals surface area contributed by atoms with Crippen LogP contribution >= 0.6 is 11.3 Å². The van der Waals surface area contributed by atoms with E-state index in [1.54, 1.807) is 17.5 Å². The Balaban J connectivity index is 1.77. The SMILES string of the molecule is OCc1cnc(N2CC3CCC(C2)O3)s1. The Kier molecular flexibility index (Phi) is 2.38. The molecule has 0 aromatic carbocycles. The molecule has 0 aliphatic carbocycles. The van der Waals surface area contributed by atoms with E-state index in [1.165, 1.54) is 12.8 Å². The topological polar surface area (TPSA) is 45.6 Å². The van der Waals surface area contributed by atoms with Crippen molar-refractivity contribution in [1.29, 1.82) is 0 Å². The van der Waals surface area contributed by atoms with E-state index < -0.39 is 0 Å². The van der Waals surface area contributed by atoms with E-state index >= 15 is 0 Å². The van der Waals surface area contributed by atoms with Crippen molar-refractivity contribution in [2.75, 3.05) is 18.0 Å². The summed E-state index contributed by atoms with van der Waals surface area (Å²) in [6.45, 7) is 2.00. The van der Waals surface area contributed by atoms with Crippen molar-refractivity contribution in [2.45, 2.75) is 31.7 Å². The minimum atomic E-state index is 0.0921. The summed E-state index contributed by atoms with van der Waals surface area (Å²) in [7, 11) is 0. The molecule has 5 heteroatoms. The fourth-order valence-corrected chi connectivity index (χ4v) is 3.08. The summed E-state index contributed by atoms with van der Waals surface area (Å²) < 4.78 is 5.77. The average molecular weight is 226 g/mol. The third-order valence-electron chi connectivity index (χ3n) is 3.01. The van der Waals surface area contributed by atoms with Gasteiger partial charge in [0, 0.05) is 19.3 Å². The van der Waals surface area contributed by atoms with Gasteiger partial charge in [0.1, 0.15) is 0 Å². The smallest absolute Gasteiger partial charge is 0.185 e. The molecule has 0 radical (unpaired) electrons. The predicted molar refractivity (Wildman–Crippen MR) is 58.1 cm³/mol. The van der Waals surface area contributed by atoms with Gasteiger partial charge in [-0.3, -0.25) is 0 Å². The fourth-order valence-electron chi connectivity index (χ4n) is 2.29. The molecule has 2 bridgehead atoms. The second-order valence-corrected chi connectivity index (χ2v) is 5.22. The molecular formula is C10H14N2O2S. The van der Waals surface area contributed by atoms with Crippen molar-refractivity contribution in [3.8, 4) is 0 Å². The lowest BCUT2D eigenvalue weighted by Crippen LogP contribution is -2.42. The van der Waals surface area contributed by atoms with Gasteiger partial charge in [0.05, 0.1) is 23.7 Å². The van der Waals surface area contributed by atoms with Crippen LogP contribution in [0.5, 0.6) is 0 Å². The number of aliphatic hydroxyl groups excluding tert-OH is 1. The number of fused-ring (bicyclic) bond motifs is 2. The molecule has 2 aliphatic rings. The third kappa shape index (κ3) is 1.75. The first-order valence-corrected chi connectivity index (χ1v) is 6.13. The summed E-state index contributed by atoms with van der Waals surface area (Å²) in [4.78, 5) is 7.56. The van der Waals surface area contributed by atoms with Gasteiger partial charge in [-0.05, 0) is 12.8 Å². The lowest BCUT2D eigenvalue weighted by molar-refractivity contribution is 0.0305. The molecule has 82 valence electrons. The van der Waals surface area contributed by atoms with Gasteiger partial charge in [0.2, 0.25) is 0 Å². The summed E-state index contributed by atoms with van der Waals surface area (Å²) in [5.41, 5.74) is 0. The number of anilines is 1. The highest BCUT2D eigenvalue weighted by Gasteiger charge is 2.34. The van der Waals surface area contributed by atoms with Crippen LogP contribution in [-0.4, -0.2) is 35.4 Å². The Morgan fingerprint density at radius 2 is 2.20 bits per heavy atom. The summed E-state index contributed by atoms with van der Waals surface area (Å²) in [5, 5.41) is 10.0. The summed E-state index contributed by atoms with van der Waals surface area (Å²) in [5.74, 6) is 0. The molecule has 3 rings (SSSR count). The zero-order valence-corrected chi connectivity index (χ0v) is 9.24. The van der Waals surface area contributed by atoms with Crippen LogP contribution in [0.1, 0.15) is 17.7 Å². The molecule has 2 unspecified atom stereocenters. The quantitative estimate of drug-likeness (QED) is 0.817. The van der Waals surface area contributed by atoms with Crippen molar-refractivity contribution in [3.05, 3.63) is 11.1 Å². The number of aliphatic hydroxyl groups is 1. The van der Waals surface area contributed by atoms with Crippen molar-refractivity contribution < 1.29 is 9.84 Å². The molecule has 0 saturated carbocycles. The van der Waals surface area contributed by atoms with Crippen LogP contribution in [0.25, 0.3) is 0 Å². The minimum absolute atomic E-state index is 0.0921. The highest BCUT2D eigenvalue weighted by Crippen LogP contribution is 2.31. The summed E-state index contributed by atoms with van der Waals surface area (Å²) in [6, 6.07) is 0. The van der Waals surface area contributed by atoms with E-state index in [0.29, 0.717) is 12.2 Å². The van der Waals surface area contributed by atoms with Crippen LogP contribution in [0.15, 0.2) is 6.20 Å². The maximum absolute atomic E-state index is 8.99. The lowest BCUT2D eigenvalue weighted by Gasteiger charge is -2.31.